The lowest BCUT2D eigenvalue weighted by atomic mass is 10.2. The highest BCUT2D eigenvalue weighted by Gasteiger charge is 2.20. The molecular weight excluding hydrogens is 310 g/mol. The average molecular weight is 326 g/mol. The van der Waals surface area contributed by atoms with Crippen molar-refractivity contribution in [3.63, 3.8) is 0 Å². The van der Waals surface area contributed by atoms with Gasteiger partial charge in [-0.15, -0.1) is 0 Å². The highest BCUT2D eigenvalue weighted by atomic mass is 79.9. The van der Waals surface area contributed by atoms with Crippen LogP contribution in [-0.4, -0.2) is 21.4 Å². The first-order valence-corrected chi connectivity index (χ1v) is 6.75. The van der Waals surface area contributed by atoms with Crippen molar-refractivity contribution in [2.24, 2.45) is 0 Å². The molecule has 1 aromatic heterocycles. The van der Waals surface area contributed by atoms with Crippen LogP contribution in [0.1, 0.15) is 26.3 Å². The molecule has 0 amide bonds. The van der Waals surface area contributed by atoms with E-state index in [9.17, 15) is 9.90 Å². The Bertz CT molecular complexity index is 625. The number of carbonyl (C=O) groups is 1. The predicted octanol–water partition coefficient (Wildman–Crippen LogP) is 3.68. The Labute approximate surface area is 120 Å². The highest BCUT2D eigenvalue weighted by molar-refractivity contribution is 9.10. The second-order valence-corrected chi connectivity index (χ2v) is 6.24. The Morgan fingerprint density at radius 2 is 2.11 bits per heavy atom. The Morgan fingerprint density at radius 3 is 2.68 bits per heavy atom. The molecule has 0 aliphatic carbocycles. The lowest BCUT2D eigenvalue weighted by molar-refractivity contribution is 0.0544. The van der Waals surface area contributed by atoms with E-state index in [2.05, 4.69) is 15.9 Å². The maximum Gasteiger partial charge on any atom is 0.419 e. The van der Waals surface area contributed by atoms with Crippen molar-refractivity contribution >= 4 is 32.9 Å². The normalized spacial score (nSPS) is 11.8. The van der Waals surface area contributed by atoms with E-state index in [1.54, 1.807) is 6.20 Å². The number of rotatable bonds is 1. The molecule has 1 heterocycles. The van der Waals surface area contributed by atoms with Crippen LogP contribution in [0.5, 0.6) is 0 Å². The van der Waals surface area contributed by atoms with E-state index in [1.165, 1.54) is 4.57 Å². The molecule has 1 aromatic carbocycles. The Balaban J connectivity index is 2.54. The van der Waals surface area contributed by atoms with Gasteiger partial charge in [-0.3, -0.25) is 4.57 Å². The summed E-state index contributed by atoms with van der Waals surface area (Å²) in [5.41, 5.74) is 0.861. The second-order valence-electron chi connectivity index (χ2n) is 5.32. The van der Waals surface area contributed by atoms with E-state index in [4.69, 9.17) is 4.74 Å². The zero-order valence-corrected chi connectivity index (χ0v) is 12.7. The van der Waals surface area contributed by atoms with E-state index in [1.807, 2.05) is 39.0 Å². The fraction of sp³-hybridized carbons (Fsp3) is 0.357. The molecule has 0 unspecified atom stereocenters. The van der Waals surface area contributed by atoms with Crippen LogP contribution >= 0.6 is 15.9 Å². The summed E-state index contributed by atoms with van der Waals surface area (Å²) in [7, 11) is 0. The molecular formula is C14H16BrNO3. The molecule has 0 atom stereocenters. The molecule has 2 rings (SSSR count). The number of nitrogens with zero attached hydrogens (tertiary/aromatic N) is 1. The molecule has 4 nitrogen and oxygen atoms in total. The monoisotopic (exact) mass is 325 g/mol. The summed E-state index contributed by atoms with van der Waals surface area (Å²) in [5, 5.41) is 10.2. The largest absolute Gasteiger partial charge is 0.443 e. The third kappa shape index (κ3) is 2.98. The number of hydrogen-bond donors (Lipinski definition) is 1. The zero-order valence-electron chi connectivity index (χ0n) is 11.1. The molecule has 0 radical (unpaired) electrons. The number of benzene rings is 1. The summed E-state index contributed by atoms with van der Waals surface area (Å²) in [6, 6.07) is 5.57. The number of hydrogen-bond acceptors (Lipinski definition) is 3. The molecule has 1 N–H and O–H groups in total. The lowest BCUT2D eigenvalue weighted by Crippen LogP contribution is -2.26. The van der Waals surface area contributed by atoms with Crippen molar-refractivity contribution in [3.05, 3.63) is 34.4 Å². The van der Waals surface area contributed by atoms with Crippen molar-refractivity contribution in [3.8, 4) is 0 Å². The minimum Gasteiger partial charge on any atom is -0.443 e. The van der Waals surface area contributed by atoms with Crippen LogP contribution in [0.25, 0.3) is 10.9 Å². The van der Waals surface area contributed by atoms with Gasteiger partial charge in [-0.25, -0.2) is 4.79 Å². The van der Waals surface area contributed by atoms with Gasteiger partial charge in [0.25, 0.3) is 0 Å². The van der Waals surface area contributed by atoms with Crippen molar-refractivity contribution < 1.29 is 14.6 Å². The molecule has 0 saturated carbocycles. The van der Waals surface area contributed by atoms with Gasteiger partial charge in [0.1, 0.15) is 5.60 Å². The molecule has 0 spiro atoms. The summed E-state index contributed by atoms with van der Waals surface area (Å²) in [6.07, 6.45) is 1.17. The molecule has 102 valence electrons. The first-order valence-electron chi connectivity index (χ1n) is 5.95. The van der Waals surface area contributed by atoms with Crippen LogP contribution in [0.4, 0.5) is 4.79 Å². The van der Waals surface area contributed by atoms with E-state index < -0.39 is 11.7 Å². The zero-order chi connectivity index (χ0) is 14.2. The standard InChI is InChI=1S/C14H16BrNO3/c1-14(2,3)19-13(18)16-7-9(8-17)11-5-4-10(15)6-12(11)16/h4-7,17H,8H2,1-3H3. The summed E-state index contributed by atoms with van der Waals surface area (Å²) >= 11 is 3.38. The number of aromatic nitrogens is 1. The number of halogens is 1. The lowest BCUT2D eigenvalue weighted by Gasteiger charge is -2.19. The van der Waals surface area contributed by atoms with Crippen LogP contribution < -0.4 is 0 Å². The minimum atomic E-state index is -0.556. The van der Waals surface area contributed by atoms with Crippen molar-refractivity contribution in [2.75, 3.05) is 0 Å². The van der Waals surface area contributed by atoms with Gasteiger partial charge < -0.3 is 9.84 Å². The van der Waals surface area contributed by atoms with Gasteiger partial charge in [0.15, 0.2) is 0 Å². The molecule has 19 heavy (non-hydrogen) atoms. The fourth-order valence-corrected chi connectivity index (χ4v) is 2.21. The van der Waals surface area contributed by atoms with Gasteiger partial charge in [0.2, 0.25) is 0 Å². The van der Waals surface area contributed by atoms with Crippen molar-refractivity contribution in [2.45, 2.75) is 33.0 Å². The molecule has 2 aromatic rings. The van der Waals surface area contributed by atoms with Gasteiger partial charge in [-0.05, 0) is 32.9 Å². The van der Waals surface area contributed by atoms with Crippen LogP contribution in [0.2, 0.25) is 0 Å². The van der Waals surface area contributed by atoms with Crippen LogP contribution in [0, 0.1) is 0 Å². The van der Waals surface area contributed by atoms with E-state index in [-0.39, 0.29) is 6.61 Å². The smallest absolute Gasteiger partial charge is 0.419 e. The maximum absolute atomic E-state index is 12.2. The Hall–Kier alpha value is -1.33. The van der Waals surface area contributed by atoms with E-state index in [0.717, 1.165) is 9.86 Å². The van der Waals surface area contributed by atoms with Crippen LogP contribution in [0.3, 0.4) is 0 Å². The molecule has 0 fully saturated rings. The van der Waals surface area contributed by atoms with Crippen LogP contribution in [0.15, 0.2) is 28.9 Å². The second kappa shape index (κ2) is 4.98. The van der Waals surface area contributed by atoms with Gasteiger partial charge in [-0.2, -0.15) is 0 Å². The topological polar surface area (TPSA) is 51.5 Å². The first kappa shape index (κ1) is 14.1. The summed E-state index contributed by atoms with van der Waals surface area (Å²) in [5.74, 6) is 0. The summed E-state index contributed by atoms with van der Waals surface area (Å²) in [4.78, 5) is 12.2. The number of carbonyl (C=O) groups excluding carboxylic acids is 1. The molecule has 0 aliphatic rings. The number of ether oxygens (including phenoxy) is 1. The average Bonchev–Trinajstić information content (AvgIpc) is 2.64. The Kier molecular flexibility index (Phi) is 3.69. The van der Waals surface area contributed by atoms with Gasteiger partial charge in [-0.1, -0.05) is 22.0 Å². The molecule has 0 aliphatic heterocycles. The number of fused-ring (bicyclic) bond motifs is 1. The SMILES string of the molecule is CC(C)(C)OC(=O)n1cc(CO)c2ccc(Br)cc21. The van der Waals surface area contributed by atoms with Crippen molar-refractivity contribution in [1.29, 1.82) is 0 Å². The van der Waals surface area contributed by atoms with Gasteiger partial charge in [0.05, 0.1) is 12.1 Å². The summed E-state index contributed by atoms with van der Waals surface area (Å²) < 4.78 is 7.65. The number of aliphatic hydroxyl groups is 1. The van der Waals surface area contributed by atoms with Crippen molar-refractivity contribution in [1.82, 2.24) is 4.57 Å². The molecule has 0 saturated heterocycles. The quantitative estimate of drug-likeness (QED) is 0.870. The van der Waals surface area contributed by atoms with Crippen LogP contribution in [-0.2, 0) is 11.3 Å². The fourth-order valence-electron chi connectivity index (χ4n) is 1.86. The Morgan fingerprint density at radius 1 is 1.42 bits per heavy atom. The number of aliphatic hydroxyl groups excluding tert-OH is 1. The summed E-state index contributed by atoms with van der Waals surface area (Å²) in [6.45, 7) is 5.34. The third-order valence-electron chi connectivity index (χ3n) is 2.61. The maximum atomic E-state index is 12.2. The molecule has 5 heteroatoms. The van der Waals surface area contributed by atoms with E-state index >= 15 is 0 Å². The molecule has 0 bridgehead atoms. The van der Waals surface area contributed by atoms with Gasteiger partial charge >= 0.3 is 6.09 Å². The highest BCUT2D eigenvalue weighted by Crippen LogP contribution is 2.26. The first-order chi connectivity index (χ1) is 8.81. The van der Waals surface area contributed by atoms with E-state index in [0.29, 0.717) is 11.1 Å². The minimum absolute atomic E-state index is 0.117. The van der Waals surface area contributed by atoms with Gasteiger partial charge in [0, 0.05) is 21.6 Å². The predicted molar refractivity (Wildman–Crippen MR) is 77.2 cm³/mol. The third-order valence-corrected chi connectivity index (χ3v) is 3.10.